The molecule has 2 aliphatic rings. The van der Waals surface area contributed by atoms with Crippen LogP contribution in [0.5, 0.6) is 0 Å². The van der Waals surface area contributed by atoms with Crippen LogP contribution in [0.2, 0.25) is 0 Å². The molecule has 2 atom stereocenters. The summed E-state index contributed by atoms with van der Waals surface area (Å²) >= 11 is 0. The molecule has 6 heteroatoms. The molecule has 1 amide bonds. The lowest BCUT2D eigenvalue weighted by Gasteiger charge is -2.42. The minimum absolute atomic E-state index is 0. The van der Waals surface area contributed by atoms with E-state index < -0.39 is 0 Å². The topological polar surface area (TPSA) is 49.6 Å². The number of piperidine rings is 2. The molecule has 0 spiro atoms. The lowest BCUT2D eigenvalue weighted by atomic mass is 9.89. The Balaban J connectivity index is 0.00000220. The predicted octanol–water partition coefficient (Wildman–Crippen LogP) is 2.54. The van der Waals surface area contributed by atoms with E-state index in [1.54, 1.807) is 0 Å². The molecule has 0 aromatic rings. The summed E-state index contributed by atoms with van der Waals surface area (Å²) in [7, 11) is 0. The molecule has 0 aliphatic carbocycles. The highest BCUT2D eigenvalue weighted by molar-refractivity contribution is 5.85. The molecule has 2 heterocycles. The second-order valence-electron chi connectivity index (χ2n) is 6.95. The predicted molar refractivity (Wildman–Crippen MR) is 96.9 cm³/mol. The van der Waals surface area contributed by atoms with Crippen molar-refractivity contribution in [2.24, 2.45) is 17.6 Å². The van der Waals surface area contributed by atoms with Gasteiger partial charge in [-0.05, 0) is 58.5 Å². The molecule has 2 rings (SSSR count). The zero-order valence-electron chi connectivity index (χ0n) is 14.2. The highest BCUT2D eigenvalue weighted by Gasteiger charge is 2.34. The Morgan fingerprint density at radius 3 is 2.23 bits per heavy atom. The average molecular weight is 354 g/mol. The molecule has 2 unspecified atom stereocenters. The number of carbonyl (C=O) groups excluding carboxylic acids is 1. The van der Waals surface area contributed by atoms with Crippen LogP contribution < -0.4 is 5.73 Å². The number of rotatable bonds is 3. The van der Waals surface area contributed by atoms with Gasteiger partial charge < -0.3 is 15.5 Å². The molecule has 0 bridgehead atoms. The Labute approximate surface area is 148 Å². The summed E-state index contributed by atoms with van der Waals surface area (Å²) in [6.45, 7) is 10.4. The number of amides is 1. The maximum absolute atomic E-state index is 12.8. The van der Waals surface area contributed by atoms with Gasteiger partial charge in [0.15, 0.2) is 0 Å². The van der Waals surface area contributed by atoms with Gasteiger partial charge in [0.2, 0.25) is 5.91 Å². The minimum Gasteiger partial charge on any atom is -0.338 e. The van der Waals surface area contributed by atoms with E-state index in [1.165, 1.54) is 0 Å². The molecular weight excluding hydrogens is 321 g/mol. The third-order valence-corrected chi connectivity index (χ3v) is 5.14. The lowest BCUT2D eigenvalue weighted by Crippen LogP contribution is -2.52. The maximum atomic E-state index is 12.8. The second kappa shape index (κ2) is 9.96. The van der Waals surface area contributed by atoms with Crippen LogP contribution in [-0.2, 0) is 4.79 Å². The van der Waals surface area contributed by atoms with E-state index in [0.717, 1.165) is 45.3 Å². The maximum Gasteiger partial charge on any atom is 0.226 e. The van der Waals surface area contributed by atoms with Gasteiger partial charge in [0.1, 0.15) is 0 Å². The Morgan fingerprint density at radius 2 is 1.73 bits per heavy atom. The first kappa shape index (κ1) is 22.0. The fourth-order valence-electron chi connectivity index (χ4n) is 3.66. The number of hydrogen-bond acceptors (Lipinski definition) is 3. The fourth-order valence-corrected chi connectivity index (χ4v) is 3.66. The lowest BCUT2D eigenvalue weighted by molar-refractivity contribution is -0.141. The average Bonchev–Trinajstić information content (AvgIpc) is 2.46. The molecule has 2 fully saturated rings. The SMILES string of the molecule is CC1CCN(C(=O)C2CCN(C(C)C)CC2)C(CN)C1.Cl.Cl. The van der Waals surface area contributed by atoms with Gasteiger partial charge in [-0.15, -0.1) is 24.8 Å². The molecule has 0 aromatic heterocycles. The summed E-state index contributed by atoms with van der Waals surface area (Å²) in [5.74, 6) is 1.30. The van der Waals surface area contributed by atoms with Crippen LogP contribution in [0.15, 0.2) is 0 Å². The molecule has 132 valence electrons. The zero-order valence-corrected chi connectivity index (χ0v) is 15.8. The molecule has 2 aliphatic heterocycles. The van der Waals surface area contributed by atoms with E-state index in [-0.39, 0.29) is 36.8 Å². The molecule has 22 heavy (non-hydrogen) atoms. The molecule has 2 saturated heterocycles. The van der Waals surface area contributed by atoms with Gasteiger partial charge in [-0.1, -0.05) is 6.92 Å². The molecule has 0 radical (unpaired) electrons. The monoisotopic (exact) mass is 353 g/mol. The van der Waals surface area contributed by atoms with Gasteiger partial charge in [0.25, 0.3) is 0 Å². The summed E-state index contributed by atoms with van der Waals surface area (Å²) in [4.78, 5) is 17.3. The van der Waals surface area contributed by atoms with Crippen molar-refractivity contribution in [2.75, 3.05) is 26.2 Å². The first-order valence-electron chi connectivity index (χ1n) is 8.27. The third kappa shape index (κ3) is 5.26. The van der Waals surface area contributed by atoms with Crippen molar-refractivity contribution in [3.8, 4) is 0 Å². The van der Waals surface area contributed by atoms with Crippen LogP contribution in [0.4, 0.5) is 0 Å². The number of hydrogen-bond donors (Lipinski definition) is 1. The van der Waals surface area contributed by atoms with Gasteiger partial charge in [-0.2, -0.15) is 0 Å². The van der Waals surface area contributed by atoms with Crippen molar-refractivity contribution < 1.29 is 4.79 Å². The van der Waals surface area contributed by atoms with Gasteiger partial charge >= 0.3 is 0 Å². The summed E-state index contributed by atoms with van der Waals surface area (Å²) in [6.07, 6.45) is 4.24. The van der Waals surface area contributed by atoms with Gasteiger partial charge in [-0.25, -0.2) is 0 Å². The quantitative estimate of drug-likeness (QED) is 0.847. The minimum atomic E-state index is 0. The second-order valence-corrected chi connectivity index (χ2v) is 6.95. The smallest absolute Gasteiger partial charge is 0.226 e. The molecular formula is C16H33Cl2N3O. The van der Waals surface area contributed by atoms with Crippen LogP contribution in [-0.4, -0.2) is 54.0 Å². The van der Waals surface area contributed by atoms with Gasteiger partial charge in [-0.3, -0.25) is 4.79 Å². The Kier molecular flexibility index (Phi) is 9.95. The number of likely N-dealkylation sites (tertiary alicyclic amines) is 2. The van der Waals surface area contributed by atoms with Crippen molar-refractivity contribution in [3.05, 3.63) is 0 Å². The van der Waals surface area contributed by atoms with E-state index >= 15 is 0 Å². The van der Waals surface area contributed by atoms with Crippen molar-refractivity contribution in [2.45, 2.75) is 58.5 Å². The first-order chi connectivity index (χ1) is 9.52. The number of halogens is 2. The largest absolute Gasteiger partial charge is 0.338 e. The van der Waals surface area contributed by atoms with E-state index in [9.17, 15) is 4.79 Å². The summed E-state index contributed by atoms with van der Waals surface area (Å²) in [5.41, 5.74) is 5.88. The fraction of sp³-hybridized carbons (Fsp3) is 0.938. The summed E-state index contributed by atoms with van der Waals surface area (Å²) < 4.78 is 0. The molecule has 4 nitrogen and oxygen atoms in total. The molecule has 0 aromatic carbocycles. The highest BCUT2D eigenvalue weighted by atomic mass is 35.5. The first-order valence-corrected chi connectivity index (χ1v) is 8.27. The van der Waals surface area contributed by atoms with E-state index in [2.05, 4.69) is 30.6 Å². The summed E-state index contributed by atoms with van der Waals surface area (Å²) in [6, 6.07) is 0.869. The molecule has 2 N–H and O–H groups in total. The standard InChI is InChI=1S/C16H31N3O.2ClH/c1-12(2)18-7-5-14(6-8-18)16(20)19-9-4-13(3)10-15(19)11-17;;/h12-15H,4-11,17H2,1-3H3;2*1H. The van der Waals surface area contributed by atoms with Crippen LogP contribution in [0.3, 0.4) is 0 Å². The van der Waals surface area contributed by atoms with Crippen LogP contribution in [0.25, 0.3) is 0 Å². The number of nitrogens with two attached hydrogens (primary N) is 1. The van der Waals surface area contributed by atoms with Crippen molar-refractivity contribution in [1.82, 2.24) is 9.80 Å². The number of carbonyl (C=O) groups is 1. The van der Waals surface area contributed by atoms with Crippen LogP contribution in [0.1, 0.15) is 46.5 Å². The van der Waals surface area contributed by atoms with Gasteiger partial charge in [0, 0.05) is 31.1 Å². The van der Waals surface area contributed by atoms with E-state index in [0.29, 0.717) is 24.4 Å². The van der Waals surface area contributed by atoms with Crippen molar-refractivity contribution in [1.29, 1.82) is 0 Å². The molecule has 0 saturated carbocycles. The van der Waals surface area contributed by atoms with Crippen LogP contribution >= 0.6 is 24.8 Å². The third-order valence-electron chi connectivity index (χ3n) is 5.14. The normalized spacial score (nSPS) is 27.2. The van der Waals surface area contributed by atoms with Gasteiger partial charge in [0.05, 0.1) is 0 Å². The van der Waals surface area contributed by atoms with E-state index in [4.69, 9.17) is 5.73 Å². The zero-order chi connectivity index (χ0) is 14.7. The highest BCUT2D eigenvalue weighted by Crippen LogP contribution is 2.27. The Morgan fingerprint density at radius 1 is 1.14 bits per heavy atom. The van der Waals surface area contributed by atoms with Crippen molar-refractivity contribution >= 4 is 30.7 Å². The Hall–Kier alpha value is -0.0300. The van der Waals surface area contributed by atoms with E-state index in [1.807, 2.05) is 0 Å². The van der Waals surface area contributed by atoms with Crippen LogP contribution in [0, 0.1) is 11.8 Å². The Bertz CT molecular complexity index is 333. The van der Waals surface area contributed by atoms with Crippen molar-refractivity contribution in [3.63, 3.8) is 0 Å². The summed E-state index contributed by atoms with van der Waals surface area (Å²) in [5, 5.41) is 0. The number of nitrogens with zero attached hydrogens (tertiary/aromatic N) is 2.